The quantitative estimate of drug-likeness (QED) is 0.687. The fourth-order valence-electron chi connectivity index (χ4n) is 1.72. The molecule has 1 aromatic rings. The minimum atomic E-state index is 0.282. The van der Waals surface area contributed by atoms with Gasteiger partial charge < -0.3 is 9.47 Å². The van der Waals surface area contributed by atoms with E-state index in [1.54, 1.807) is 7.11 Å². The van der Waals surface area contributed by atoms with E-state index in [-0.39, 0.29) is 6.10 Å². The van der Waals surface area contributed by atoms with Gasteiger partial charge in [-0.1, -0.05) is 26.0 Å². The summed E-state index contributed by atoms with van der Waals surface area (Å²) in [5.74, 6) is 1.49. The lowest BCUT2D eigenvalue weighted by Crippen LogP contribution is -1.98. The van der Waals surface area contributed by atoms with Crippen molar-refractivity contribution in [3.63, 3.8) is 0 Å². The second-order valence-corrected chi connectivity index (χ2v) is 4.04. The summed E-state index contributed by atoms with van der Waals surface area (Å²) < 4.78 is 10.8. The number of epoxide rings is 1. The van der Waals surface area contributed by atoms with E-state index in [1.807, 2.05) is 18.2 Å². The molecule has 76 valence electrons. The summed E-state index contributed by atoms with van der Waals surface area (Å²) in [6.07, 6.45) is 0.673. The van der Waals surface area contributed by atoms with Gasteiger partial charge in [-0.25, -0.2) is 0 Å². The summed E-state index contributed by atoms with van der Waals surface area (Å²) in [6, 6.07) is 8.10. The number of ether oxygens (including phenoxy) is 2. The Hall–Kier alpha value is -1.02. The lowest BCUT2D eigenvalue weighted by molar-refractivity contribution is 0.336. The molecule has 1 fully saturated rings. The zero-order valence-electron chi connectivity index (χ0n) is 8.86. The van der Waals surface area contributed by atoms with Crippen LogP contribution in [0.4, 0.5) is 0 Å². The van der Waals surface area contributed by atoms with Crippen molar-refractivity contribution < 1.29 is 9.47 Å². The zero-order valence-corrected chi connectivity index (χ0v) is 8.86. The summed E-state index contributed by atoms with van der Waals surface area (Å²) in [5, 5.41) is 0. The maximum atomic E-state index is 5.61. The molecule has 14 heavy (non-hydrogen) atoms. The molecule has 2 heteroatoms. The first-order valence-electron chi connectivity index (χ1n) is 5.02. The molecule has 1 saturated heterocycles. The summed E-state index contributed by atoms with van der Waals surface area (Å²) in [4.78, 5) is 0. The highest BCUT2D eigenvalue weighted by atomic mass is 16.6. The van der Waals surface area contributed by atoms with Gasteiger partial charge in [0.15, 0.2) is 0 Å². The van der Waals surface area contributed by atoms with Gasteiger partial charge in [-0.3, -0.25) is 0 Å². The molecule has 0 spiro atoms. The Bertz CT molecular complexity index is 320. The number of rotatable bonds is 3. The van der Waals surface area contributed by atoms with Gasteiger partial charge in [0.05, 0.1) is 13.2 Å². The third-order valence-electron chi connectivity index (χ3n) is 2.60. The summed E-state index contributed by atoms with van der Waals surface area (Å²) in [7, 11) is 1.69. The Labute approximate surface area is 84.8 Å². The van der Waals surface area contributed by atoms with Gasteiger partial charge in [0, 0.05) is 0 Å². The van der Waals surface area contributed by atoms with E-state index in [9.17, 15) is 0 Å². The molecule has 1 aromatic carbocycles. The number of hydrogen-bond donors (Lipinski definition) is 0. The van der Waals surface area contributed by atoms with Crippen molar-refractivity contribution >= 4 is 0 Å². The highest BCUT2D eigenvalue weighted by molar-refractivity contribution is 5.32. The molecule has 0 aliphatic carbocycles. The first-order valence-corrected chi connectivity index (χ1v) is 5.02. The monoisotopic (exact) mass is 192 g/mol. The average Bonchev–Trinajstić information content (AvgIpc) is 2.97. The summed E-state index contributed by atoms with van der Waals surface area (Å²) in [5.41, 5.74) is 1.23. The molecule has 0 N–H and O–H groups in total. The Kier molecular flexibility index (Phi) is 2.46. The van der Waals surface area contributed by atoms with Crippen LogP contribution in [0.25, 0.3) is 0 Å². The molecule has 0 amide bonds. The largest absolute Gasteiger partial charge is 0.497 e. The second kappa shape index (κ2) is 3.62. The average molecular weight is 192 g/mol. The van der Waals surface area contributed by atoms with Crippen LogP contribution in [-0.4, -0.2) is 13.2 Å². The van der Waals surface area contributed by atoms with Crippen LogP contribution in [0.1, 0.15) is 25.5 Å². The fraction of sp³-hybridized carbons (Fsp3) is 0.500. The van der Waals surface area contributed by atoms with E-state index in [0.29, 0.717) is 12.0 Å². The highest BCUT2D eigenvalue weighted by Gasteiger charge is 2.42. The molecule has 1 aliphatic rings. The molecule has 0 bridgehead atoms. The van der Waals surface area contributed by atoms with Crippen molar-refractivity contribution in [3.8, 4) is 5.75 Å². The molecule has 2 nitrogen and oxygen atoms in total. The Morgan fingerprint density at radius 2 is 2.14 bits per heavy atom. The molecule has 0 radical (unpaired) electrons. The highest BCUT2D eigenvalue weighted by Crippen LogP contribution is 2.43. The van der Waals surface area contributed by atoms with Gasteiger partial charge >= 0.3 is 0 Å². The van der Waals surface area contributed by atoms with Crippen LogP contribution in [-0.2, 0) is 4.74 Å². The number of benzene rings is 1. The third-order valence-corrected chi connectivity index (χ3v) is 2.60. The van der Waals surface area contributed by atoms with E-state index < -0.39 is 0 Å². The van der Waals surface area contributed by atoms with Gasteiger partial charge in [0.2, 0.25) is 0 Å². The zero-order chi connectivity index (χ0) is 10.1. The standard InChI is InChI=1S/C12H16O2/c1-8(2)11-12(14-11)9-5-4-6-10(7-9)13-3/h4-8,11-12H,1-3H3/t11-,12-/m1/s1. The molecule has 0 aromatic heterocycles. The van der Waals surface area contributed by atoms with Crippen molar-refractivity contribution in [3.05, 3.63) is 29.8 Å². The van der Waals surface area contributed by atoms with E-state index >= 15 is 0 Å². The van der Waals surface area contributed by atoms with Gasteiger partial charge in [-0.15, -0.1) is 0 Å². The van der Waals surface area contributed by atoms with Gasteiger partial charge in [-0.05, 0) is 23.6 Å². The minimum absolute atomic E-state index is 0.282. The Morgan fingerprint density at radius 3 is 2.71 bits per heavy atom. The lowest BCUT2D eigenvalue weighted by Gasteiger charge is -2.02. The maximum Gasteiger partial charge on any atom is 0.119 e. The molecular formula is C12H16O2. The third kappa shape index (κ3) is 1.75. The first-order chi connectivity index (χ1) is 6.72. The second-order valence-electron chi connectivity index (χ2n) is 4.04. The van der Waals surface area contributed by atoms with E-state index in [0.717, 1.165) is 5.75 Å². The van der Waals surface area contributed by atoms with Crippen LogP contribution < -0.4 is 4.74 Å². The molecule has 1 aliphatic heterocycles. The van der Waals surface area contributed by atoms with Crippen molar-refractivity contribution in [2.24, 2.45) is 5.92 Å². The minimum Gasteiger partial charge on any atom is -0.497 e. The predicted octanol–water partition coefficient (Wildman–Crippen LogP) is 2.79. The lowest BCUT2D eigenvalue weighted by atomic mass is 10.0. The van der Waals surface area contributed by atoms with Crippen LogP contribution in [0.3, 0.4) is 0 Å². The van der Waals surface area contributed by atoms with Crippen LogP contribution in [0.2, 0.25) is 0 Å². The van der Waals surface area contributed by atoms with E-state index in [4.69, 9.17) is 9.47 Å². The Morgan fingerprint density at radius 1 is 1.36 bits per heavy atom. The van der Waals surface area contributed by atoms with Gasteiger partial charge in [-0.2, -0.15) is 0 Å². The van der Waals surface area contributed by atoms with Crippen LogP contribution >= 0.6 is 0 Å². The molecule has 2 rings (SSSR count). The number of hydrogen-bond acceptors (Lipinski definition) is 2. The Balaban J connectivity index is 2.11. The van der Waals surface area contributed by atoms with E-state index in [1.165, 1.54) is 5.56 Å². The van der Waals surface area contributed by atoms with Crippen LogP contribution in [0.5, 0.6) is 5.75 Å². The van der Waals surface area contributed by atoms with Gasteiger partial charge in [0.25, 0.3) is 0 Å². The smallest absolute Gasteiger partial charge is 0.119 e. The van der Waals surface area contributed by atoms with Crippen molar-refractivity contribution in [2.45, 2.75) is 26.1 Å². The van der Waals surface area contributed by atoms with Crippen molar-refractivity contribution in [1.82, 2.24) is 0 Å². The topological polar surface area (TPSA) is 21.8 Å². The van der Waals surface area contributed by atoms with E-state index in [2.05, 4.69) is 19.9 Å². The summed E-state index contributed by atoms with van der Waals surface area (Å²) in [6.45, 7) is 4.37. The molecular weight excluding hydrogens is 176 g/mol. The van der Waals surface area contributed by atoms with Crippen LogP contribution in [0.15, 0.2) is 24.3 Å². The van der Waals surface area contributed by atoms with Gasteiger partial charge in [0.1, 0.15) is 11.9 Å². The van der Waals surface area contributed by atoms with Crippen molar-refractivity contribution in [2.75, 3.05) is 7.11 Å². The molecule has 1 heterocycles. The maximum absolute atomic E-state index is 5.61. The normalized spacial score (nSPS) is 25.1. The molecule has 0 unspecified atom stereocenters. The molecule has 0 saturated carbocycles. The van der Waals surface area contributed by atoms with Crippen LogP contribution in [0, 0.1) is 5.92 Å². The predicted molar refractivity (Wildman–Crippen MR) is 55.4 cm³/mol. The SMILES string of the molecule is COc1cccc([C@H]2O[C@@H]2C(C)C)c1. The first kappa shape index (κ1) is 9.53. The van der Waals surface area contributed by atoms with Crippen molar-refractivity contribution in [1.29, 1.82) is 0 Å². The molecule has 2 atom stereocenters. The summed E-state index contributed by atoms with van der Waals surface area (Å²) >= 11 is 0. The fourth-order valence-corrected chi connectivity index (χ4v) is 1.72. The number of methoxy groups -OCH3 is 1.